The Bertz CT molecular complexity index is 1720. The van der Waals surface area contributed by atoms with Crippen molar-refractivity contribution in [2.24, 2.45) is 17.8 Å². The highest BCUT2D eigenvalue weighted by Gasteiger charge is 2.30. The SMILES string of the molecule is CCCCCCCCCC(=O)OC[C@H](COP(=O)(O)OC[C@H](O)COP(=O)(O)OC[C@@H](COC(=O)CCCCCCCCCCCCCC(C)C)OC(=O)CCCCCCCCCCCCCCC(C)C)OC(=O)CCCCCCCCCCC(C)C. The molecule has 0 bridgehead atoms. The summed E-state index contributed by atoms with van der Waals surface area (Å²) in [6.45, 7) is 11.8. The van der Waals surface area contributed by atoms with Gasteiger partial charge < -0.3 is 33.8 Å². The third kappa shape index (κ3) is 62.6. The summed E-state index contributed by atoms with van der Waals surface area (Å²) >= 11 is 0. The van der Waals surface area contributed by atoms with Crippen molar-refractivity contribution in [2.75, 3.05) is 39.6 Å². The van der Waals surface area contributed by atoms with Gasteiger partial charge in [0.05, 0.1) is 26.4 Å². The molecular weight excluding hydrogens is 1150 g/mol. The molecule has 0 aromatic carbocycles. The quantitative estimate of drug-likeness (QED) is 0.0222. The normalized spacial score (nSPS) is 14.3. The standard InChI is InChI=1S/C68H132O17P2/c1-8-9-10-11-25-35-42-49-65(70)78-55-63(85-68(73)52-45-38-31-24-23-28-34-41-48-61(6)7)57-82-86(74,75)80-53-62(69)54-81-87(76,77)83-58-64(56-79-66(71)50-43-36-29-21-18-14-16-20-27-33-40-47-60(4)5)84-67(72)51-44-37-30-22-17-13-12-15-19-26-32-39-46-59(2)3/h59-64,69H,8-58H2,1-7H3,(H,74,75)(H,76,77)/t62-,63+,64+/m0/s1. The number of esters is 4. The van der Waals surface area contributed by atoms with E-state index in [0.29, 0.717) is 25.7 Å². The zero-order chi connectivity index (χ0) is 64.5. The van der Waals surface area contributed by atoms with Gasteiger partial charge in [0, 0.05) is 25.7 Å². The minimum atomic E-state index is -4.95. The van der Waals surface area contributed by atoms with E-state index in [4.69, 9.17) is 37.0 Å². The minimum absolute atomic E-state index is 0.104. The molecule has 19 heteroatoms. The van der Waals surface area contributed by atoms with Crippen LogP contribution in [0.15, 0.2) is 0 Å². The molecule has 0 aliphatic rings. The molecule has 0 radical (unpaired) electrons. The van der Waals surface area contributed by atoms with E-state index in [1.54, 1.807) is 0 Å². The van der Waals surface area contributed by atoms with E-state index in [-0.39, 0.29) is 25.7 Å². The van der Waals surface area contributed by atoms with Gasteiger partial charge >= 0.3 is 39.5 Å². The van der Waals surface area contributed by atoms with Crippen molar-refractivity contribution >= 4 is 39.5 Å². The lowest BCUT2D eigenvalue weighted by molar-refractivity contribution is -0.161. The Labute approximate surface area is 530 Å². The number of rotatable bonds is 66. The highest BCUT2D eigenvalue weighted by Crippen LogP contribution is 2.45. The molecule has 516 valence electrons. The smallest absolute Gasteiger partial charge is 0.462 e. The second-order valence-electron chi connectivity index (χ2n) is 26.0. The monoisotopic (exact) mass is 1280 g/mol. The maximum absolute atomic E-state index is 13.0. The van der Waals surface area contributed by atoms with Crippen molar-refractivity contribution in [2.45, 2.75) is 356 Å². The fraction of sp³-hybridized carbons (Fsp3) is 0.941. The van der Waals surface area contributed by atoms with Crippen LogP contribution in [0.1, 0.15) is 337 Å². The van der Waals surface area contributed by atoms with Crippen LogP contribution in [0.2, 0.25) is 0 Å². The number of aliphatic hydroxyl groups excluding tert-OH is 1. The number of hydrogen-bond acceptors (Lipinski definition) is 15. The zero-order valence-corrected chi connectivity index (χ0v) is 58.3. The van der Waals surface area contributed by atoms with E-state index >= 15 is 0 Å². The van der Waals surface area contributed by atoms with E-state index in [2.05, 4.69) is 48.5 Å². The van der Waals surface area contributed by atoms with Crippen molar-refractivity contribution in [1.29, 1.82) is 0 Å². The summed E-state index contributed by atoms with van der Waals surface area (Å²) in [7, 11) is -9.89. The maximum atomic E-state index is 13.0. The van der Waals surface area contributed by atoms with Crippen LogP contribution in [-0.4, -0.2) is 96.7 Å². The molecule has 2 unspecified atom stereocenters. The first-order valence-corrected chi connectivity index (χ1v) is 38.3. The molecule has 0 saturated carbocycles. The number of ether oxygens (including phenoxy) is 4. The van der Waals surface area contributed by atoms with Crippen LogP contribution in [0, 0.1) is 17.8 Å². The van der Waals surface area contributed by atoms with Gasteiger partial charge in [0.25, 0.3) is 0 Å². The van der Waals surface area contributed by atoms with E-state index in [1.807, 2.05) is 0 Å². The van der Waals surface area contributed by atoms with E-state index in [0.717, 1.165) is 120 Å². The molecule has 0 amide bonds. The lowest BCUT2D eigenvalue weighted by atomic mass is 10.0. The van der Waals surface area contributed by atoms with Crippen molar-refractivity contribution in [3.8, 4) is 0 Å². The Morgan fingerprint density at radius 1 is 0.310 bits per heavy atom. The summed E-state index contributed by atoms with van der Waals surface area (Å²) in [5, 5.41) is 10.6. The van der Waals surface area contributed by atoms with E-state index in [1.165, 1.54) is 135 Å². The second-order valence-corrected chi connectivity index (χ2v) is 28.9. The predicted molar refractivity (Wildman–Crippen MR) is 349 cm³/mol. The number of phosphoric acid groups is 2. The van der Waals surface area contributed by atoms with Crippen LogP contribution in [0.25, 0.3) is 0 Å². The Morgan fingerprint density at radius 3 is 0.782 bits per heavy atom. The lowest BCUT2D eigenvalue weighted by Crippen LogP contribution is -2.30. The van der Waals surface area contributed by atoms with E-state index in [9.17, 15) is 43.2 Å². The van der Waals surface area contributed by atoms with Gasteiger partial charge in [0.15, 0.2) is 12.2 Å². The Kier molecular flexibility index (Phi) is 57.8. The molecule has 87 heavy (non-hydrogen) atoms. The van der Waals surface area contributed by atoms with Gasteiger partial charge in [-0.15, -0.1) is 0 Å². The van der Waals surface area contributed by atoms with Crippen molar-refractivity contribution in [3.63, 3.8) is 0 Å². The van der Waals surface area contributed by atoms with Crippen LogP contribution >= 0.6 is 15.6 Å². The molecule has 0 aliphatic carbocycles. The number of carbonyl (C=O) groups is 4. The number of phosphoric ester groups is 2. The molecule has 0 spiro atoms. The van der Waals surface area contributed by atoms with Crippen LogP contribution < -0.4 is 0 Å². The van der Waals surface area contributed by atoms with Crippen molar-refractivity contribution < 1.29 is 80.2 Å². The lowest BCUT2D eigenvalue weighted by Gasteiger charge is -2.21. The van der Waals surface area contributed by atoms with Gasteiger partial charge in [0.2, 0.25) is 0 Å². The highest BCUT2D eigenvalue weighted by molar-refractivity contribution is 7.47. The van der Waals surface area contributed by atoms with Crippen molar-refractivity contribution in [3.05, 3.63) is 0 Å². The summed E-state index contributed by atoms with van der Waals surface area (Å²) in [4.78, 5) is 72.3. The fourth-order valence-corrected chi connectivity index (χ4v) is 11.8. The Hall–Kier alpha value is -1.94. The molecule has 0 heterocycles. The average Bonchev–Trinajstić information content (AvgIpc) is 3.61. The molecule has 3 N–H and O–H groups in total. The first kappa shape index (κ1) is 85.1. The Morgan fingerprint density at radius 2 is 0.529 bits per heavy atom. The summed E-state index contributed by atoms with van der Waals surface area (Å²) in [6.07, 6.45) is 41.8. The van der Waals surface area contributed by atoms with Crippen molar-refractivity contribution in [1.82, 2.24) is 0 Å². The number of aliphatic hydroxyl groups is 1. The van der Waals surface area contributed by atoms with Gasteiger partial charge in [-0.3, -0.25) is 37.3 Å². The summed E-state index contributed by atoms with van der Waals surface area (Å²) in [6, 6.07) is 0. The van der Waals surface area contributed by atoms with Crippen LogP contribution in [-0.2, 0) is 65.4 Å². The molecule has 0 rings (SSSR count). The van der Waals surface area contributed by atoms with E-state index < -0.39 is 97.5 Å². The first-order chi connectivity index (χ1) is 41.7. The second kappa shape index (κ2) is 59.1. The molecule has 0 aliphatic heterocycles. The van der Waals surface area contributed by atoms with Crippen LogP contribution in [0.3, 0.4) is 0 Å². The molecule has 0 fully saturated rings. The average molecular weight is 1280 g/mol. The van der Waals surface area contributed by atoms with Crippen LogP contribution in [0.4, 0.5) is 0 Å². The first-order valence-electron chi connectivity index (χ1n) is 35.3. The largest absolute Gasteiger partial charge is 0.472 e. The third-order valence-electron chi connectivity index (χ3n) is 15.6. The molecule has 0 aromatic heterocycles. The third-order valence-corrected chi connectivity index (χ3v) is 17.5. The molecule has 5 atom stereocenters. The predicted octanol–water partition coefficient (Wildman–Crippen LogP) is 19.1. The van der Waals surface area contributed by atoms with Crippen LogP contribution in [0.5, 0.6) is 0 Å². The molecule has 17 nitrogen and oxygen atoms in total. The van der Waals surface area contributed by atoms with Gasteiger partial charge in [-0.25, -0.2) is 9.13 Å². The number of carbonyl (C=O) groups excluding carboxylic acids is 4. The number of unbranched alkanes of at least 4 members (excludes halogenated alkanes) is 34. The van der Waals surface area contributed by atoms with Gasteiger partial charge in [-0.1, -0.05) is 286 Å². The van der Waals surface area contributed by atoms with Gasteiger partial charge in [-0.05, 0) is 43.4 Å². The van der Waals surface area contributed by atoms with Gasteiger partial charge in [0.1, 0.15) is 19.3 Å². The number of hydrogen-bond donors (Lipinski definition) is 3. The highest BCUT2D eigenvalue weighted by atomic mass is 31.2. The fourth-order valence-electron chi connectivity index (χ4n) is 10.2. The summed E-state index contributed by atoms with van der Waals surface area (Å²) < 4.78 is 68.1. The summed E-state index contributed by atoms with van der Waals surface area (Å²) in [5.41, 5.74) is 0. The zero-order valence-electron chi connectivity index (χ0n) is 56.5. The summed E-state index contributed by atoms with van der Waals surface area (Å²) in [5.74, 6) is 0.132. The molecular formula is C68H132O17P2. The molecule has 0 saturated heterocycles. The van der Waals surface area contributed by atoms with Gasteiger partial charge in [-0.2, -0.15) is 0 Å². The topological polar surface area (TPSA) is 237 Å². The minimum Gasteiger partial charge on any atom is -0.462 e. The molecule has 0 aromatic rings. The maximum Gasteiger partial charge on any atom is 0.472 e. The Balaban J connectivity index is 5.22.